The van der Waals surface area contributed by atoms with Gasteiger partial charge < -0.3 is 10.2 Å². The van der Waals surface area contributed by atoms with E-state index in [1.165, 1.54) is 19.3 Å². The van der Waals surface area contributed by atoms with E-state index in [4.69, 9.17) is 0 Å². The lowest BCUT2D eigenvalue weighted by Crippen LogP contribution is -2.56. The van der Waals surface area contributed by atoms with Crippen LogP contribution in [0.1, 0.15) is 51.0 Å². The lowest BCUT2D eigenvalue weighted by atomic mass is 9.49. The first-order valence-corrected chi connectivity index (χ1v) is 10.5. The Morgan fingerprint density at radius 3 is 2.36 bits per heavy atom. The summed E-state index contributed by atoms with van der Waals surface area (Å²) in [5.74, 6) is 2.35. The zero-order valence-electron chi connectivity index (χ0n) is 15.2. The normalized spacial score (nSPS) is 33.9. The molecule has 1 N–H and O–H groups in total. The van der Waals surface area contributed by atoms with Crippen LogP contribution in [-0.4, -0.2) is 29.8 Å². The summed E-state index contributed by atoms with van der Waals surface area (Å²) in [6, 6.07) is 1.58. The summed E-state index contributed by atoms with van der Waals surface area (Å²) in [5.41, 5.74) is 0.954. The second-order valence-corrected chi connectivity index (χ2v) is 9.50. The van der Waals surface area contributed by atoms with E-state index in [1.54, 1.807) is 16.2 Å². The molecule has 1 heterocycles. The van der Waals surface area contributed by atoms with Gasteiger partial charge in [0.15, 0.2) is 0 Å². The molecular weight excluding hydrogens is 332 g/mol. The number of carbonyl (C=O) groups is 2. The van der Waals surface area contributed by atoms with Gasteiger partial charge >= 0.3 is 0 Å². The van der Waals surface area contributed by atoms with Gasteiger partial charge in [0, 0.05) is 19.0 Å². The molecule has 1 aromatic heterocycles. The van der Waals surface area contributed by atoms with Gasteiger partial charge in [0.05, 0.1) is 0 Å². The Morgan fingerprint density at radius 2 is 1.84 bits per heavy atom. The van der Waals surface area contributed by atoms with Crippen molar-refractivity contribution >= 4 is 23.2 Å². The maximum Gasteiger partial charge on any atom is 0.244 e. The summed E-state index contributed by atoms with van der Waals surface area (Å²) < 4.78 is 0. The highest BCUT2D eigenvalue weighted by Crippen LogP contribution is 2.60. The molecule has 0 radical (unpaired) electrons. The second kappa shape index (κ2) is 6.42. The molecular formula is C20H28N2O2S. The van der Waals surface area contributed by atoms with Crippen molar-refractivity contribution in [3.05, 3.63) is 22.4 Å². The van der Waals surface area contributed by atoms with Crippen molar-refractivity contribution in [1.82, 2.24) is 10.2 Å². The van der Waals surface area contributed by atoms with Crippen molar-refractivity contribution in [2.24, 2.45) is 23.2 Å². The average Bonchev–Trinajstić information content (AvgIpc) is 3.05. The number of nitrogens with zero attached hydrogens (tertiary/aromatic N) is 1. The molecule has 4 nitrogen and oxygen atoms in total. The molecule has 25 heavy (non-hydrogen) atoms. The molecule has 1 unspecified atom stereocenters. The standard InChI is InChI=1S/C20H28N2O2S/c1-13(18(23)22(2)11-14-3-4-25-12-14)21-19(24)20-8-15-5-16(9-20)7-17(6-15)10-20/h3-4,12-13,15-17H,5-11H2,1-2H3,(H,21,24). The van der Waals surface area contributed by atoms with E-state index in [0.29, 0.717) is 6.54 Å². The summed E-state index contributed by atoms with van der Waals surface area (Å²) in [5, 5.41) is 7.15. The van der Waals surface area contributed by atoms with Crippen LogP contribution >= 0.6 is 11.3 Å². The third-order valence-corrected chi connectivity index (χ3v) is 7.35. The van der Waals surface area contributed by atoms with E-state index in [9.17, 15) is 9.59 Å². The van der Waals surface area contributed by atoms with Gasteiger partial charge in [0.1, 0.15) is 6.04 Å². The van der Waals surface area contributed by atoms with Gasteiger partial charge in [-0.15, -0.1) is 0 Å². The first kappa shape index (κ1) is 17.1. The molecule has 5 rings (SSSR count). The monoisotopic (exact) mass is 360 g/mol. The fourth-order valence-electron chi connectivity index (χ4n) is 5.87. The van der Waals surface area contributed by atoms with Crippen LogP contribution in [0.5, 0.6) is 0 Å². The van der Waals surface area contributed by atoms with Crippen molar-refractivity contribution in [2.75, 3.05) is 7.05 Å². The molecule has 1 atom stereocenters. The Hall–Kier alpha value is -1.36. The summed E-state index contributed by atoms with van der Waals surface area (Å²) in [4.78, 5) is 27.4. The molecule has 4 saturated carbocycles. The van der Waals surface area contributed by atoms with E-state index in [2.05, 4.69) is 10.7 Å². The molecule has 4 bridgehead atoms. The topological polar surface area (TPSA) is 49.4 Å². The van der Waals surface area contributed by atoms with Gasteiger partial charge in [-0.2, -0.15) is 11.3 Å². The fraction of sp³-hybridized carbons (Fsp3) is 0.700. The Morgan fingerprint density at radius 1 is 1.24 bits per heavy atom. The predicted octanol–water partition coefficient (Wildman–Crippen LogP) is 3.43. The zero-order chi connectivity index (χ0) is 17.6. The van der Waals surface area contributed by atoms with Crippen molar-refractivity contribution in [3.8, 4) is 0 Å². The Labute approximate surface area is 154 Å². The van der Waals surface area contributed by atoms with Crippen molar-refractivity contribution in [1.29, 1.82) is 0 Å². The van der Waals surface area contributed by atoms with Crippen LogP contribution < -0.4 is 5.32 Å². The molecule has 4 fully saturated rings. The molecule has 0 aromatic carbocycles. The highest BCUT2D eigenvalue weighted by Gasteiger charge is 2.54. The predicted molar refractivity (Wildman–Crippen MR) is 99.0 cm³/mol. The second-order valence-electron chi connectivity index (χ2n) is 8.72. The maximum atomic E-state index is 13.1. The zero-order valence-corrected chi connectivity index (χ0v) is 16.0. The first-order chi connectivity index (χ1) is 11.9. The minimum atomic E-state index is -0.454. The third-order valence-electron chi connectivity index (χ3n) is 6.61. The van der Waals surface area contributed by atoms with Crippen LogP contribution in [0.4, 0.5) is 0 Å². The highest BCUT2D eigenvalue weighted by molar-refractivity contribution is 7.07. The van der Waals surface area contributed by atoms with Gasteiger partial charge in [-0.25, -0.2) is 0 Å². The van der Waals surface area contributed by atoms with Crippen molar-refractivity contribution < 1.29 is 9.59 Å². The van der Waals surface area contributed by atoms with Crippen LogP contribution in [0.2, 0.25) is 0 Å². The summed E-state index contributed by atoms with van der Waals surface area (Å²) in [7, 11) is 1.81. The molecule has 0 spiro atoms. The SMILES string of the molecule is CC(NC(=O)C12CC3CC(CC(C3)C1)C2)C(=O)N(C)Cc1ccsc1. The lowest BCUT2D eigenvalue weighted by Gasteiger charge is -2.55. The smallest absolute Gasteiger partial charge is 0.244 e. The highest BCUT2D eigenvalue weighted by atomic mass is 32.1. The van der Waals surface area contributed by atoms with Gasteiger partial charge in [-0.05, 0) is 85.6 Å². The van der Waals surface area contributed by atoms with E-state index < -0.39 is 6.04 Å². The molecule has 0 saturated heterocycles. The lowest BCUT2D eigenvalue weighted by molar-refractivity contribution is -0.149. The van der Waals surface area contributed by atoms with E-state index in [0.717, 1.165) is 42.6 Å². The molecule has 1 aromatic rings. The Balaban J connectivity index is 1.38. The molecule has 4 aliphatic carbocycles. The fourth-order valence-corrected chi connectivity index (χ4v) is 6.53. The minimum absolute atomic E-state index is 0.00993. The van der Waals surface area contributed by atoms with Crippen molar-refractivity contribution in [3.63, 3.8) is 0 Å². The van der Waals surface area contributed by atoms with E-state index in [-0.39, 0.29) is 17.2 Å². The number of amides is 2. The van der Waals surface area contributed by atoms with Crippen LogP contribution in [0.3, 0.4) is 0 Å². The summed E-state index contributed by atoms with van der Waals surface area (Å²) in [6.07, 6.45) is 7.09. The van der Waals surface area contributed by atoms with Gasteiger partial charge in [0.2, 0.25) is 11.8 Å². The number of thiophene rings is 1. The number of hydrogen-bond acceptors (Lipinski definition) is 3. The quantitative estimate of drug-likeness (QED) is 0.874. The Bertz CT molecular complexity index is 619. The van der Waals surface area contributed by atoms with E-state index >= 15 is 0 Å². The first-order valence-electron chi connectivity index (χ1n) is 9.52. The van der Waals surface area contributed by atoms with Gasteiger partial charge in [0.25, 0.3) is 0 Å². The van der Waals surface area contributed by atoms with Crippen LogP contribution in [-0.2, 0) is 16.1 Å². The maximum absolute atomic E-state index is 13.1. The van der Waals surface area contributed by atoms with Gasteiger partial charge in [-0.1, -0.05) is 0 Å². The van der Waals surface area contributed by atoms with Gasteiger partial charge in [-0.3, -0.25) is 9.59 Å². The number of hydrogen-bond donors (Lipinski definition) is 1. The largest absolute Gasteiger partial charge is 0.344 e. The summed E-state index contributed by atoms with van der Waals surface area (Å²) >= 11 is 1.64. The van der Waals surface area contributed by atoms with Crippen LogP contribution in [0, 0.1) is 23.2 Å². The minimum Gasteiger partial charge on any atom is -0.344 e. The molecule has 4 aliphatic rings. The Kier molecular flexibility index (Phi) is 4.38. The number of nitrogens with one attached hydrogen (secondary N) is 1. The average molecular weight is 361 g/mol. The summed E-state index contributed by atoms with van der Waals surface area (Å²) in [6.45, 7) is 2.42. The van der Waals surface area contributed by atoms with Crippen LogP contribution in [0.25, 0.3) is 0 Å². The number of carbonyl (C=O) groups excluding carboxylic acids is 2. The molecule has 2 amide bonds. The van der Waals surface area contributed by atoms with Crippen LogP contribution in [0.15, 0.2) is 16.8 Å². The third kappa shape index (κ3) is 3.23. The number of likely N-dealkylation sites (N-methyl/N-ethyl adjacent to an activating group) is 1. The van der Waals surface area contributed by atoms with E-state index in [1.807, 2.05) is 25.4 Å². The molecule has 5 heteroatoms. The number of rotatable bonds is 5. The molecule has 0 aliphatic heterocycles. The van der Waals surface area contributed by atoms with Crippen molar-refractivity contribution in [2.45, 2.75) is 58.0 Å². The molecule has 136 valence electrons.